The Balaban J connectivity index is 0.000000374. The molecule has 2 aliphatic rings. The molecule has 4 N–H and O–H groups in total. The Bertz CT molecular complexity index is 1000. The lowest BCUT2D eigenvalue weighted by atomic mass is 9.77. The molecule has 0 radical (unpaired) electrons. The summed E-state index contributed by atoms with van der Waals surface area (Å²) in [6.07, 6.45) is 3.22. The lowest BCUT2D eigenvalue weighted by Crippen LogP contribution is -2.51. The first kappa shape index (κ1) is 25.4. The zero-order valence-electron chi connectivity index (χ0n) is 19.6. The van der Waals surface area contributed by atoms with Crippen molar-refractivity contribution in [2.75, 3.05) is 32.0 Å². The maximum absolute atomic E-state index is 12.9. The molecule has 0 spiro atoms. The van der Waals surface area contributed by atoms with E-state index >= 15 is 0 Å². The molecule has 1 amide bonds. The SMILES string of the molecule is CC(C)(O)CN1CC(C)(C)c2cc(-c3nc(N)ncc3Cl)ccc2C1=O.OC1CCCOC1. The van der Waals surface area contributed by atoms with Crippen LogP contribution in [0.4, 0.5) is 5.95 Å². The molecule has 0 bridgehead atoms. The van der Waals surface area contributed by atoms with Gasteiger partial charge in [-0.3, -0.25) is 4.79 Å². The van der Waals surface area contributed by atoms with Gasteiger partial charge in [-0.2, -0.15) is 0 Å². The summed E-state index contributed by atoms with van der Waals surface area (Å²) in [6, 6.07) is 5.55. The van der Waals surface area contributed by atoms with Crippen LogP contribution in [0, 0.1) is 0 Å². The first-order valence-electron chi connectivity index (χ1n) is 11.1. The lowest BCUT2D eigenvalue weighted by molar-refractivity contribution is -0.00535. The summed E-state index contributed by atoms with van der Waals surface area (Å²) in [6.45, 7) is 9.74. The lowest BCUT2D eigenvalue weighted by Gasteiger charge is -2.41. The maximum atomic E-state index is 12.9. The molecule has 1 aromatic heterocycles. The molecule has 1 aromatic carbocycles. The Morgan fingerprint density at radius 2 is 2.09 bits per heavy atom. The number of aromatic nitrogens is 2. The Kier molecular flexibility index (Phi) is 7.63. The van der Waals surface area contributed by atoms with Gasteiger partial charge in [0.2, 0.25) is 5.95 Å². The number of rotatable bonds is 3. The summed E-state index contributed by atoms with van der Waals surface area (Å²) in [5, 5.41) is 19.3. The summed E-state index contributed by atoms with van der Waals surface area (Å²) in [5.41, 5.74) is 7.36. The van der Waals surface area contributed by atoms with Crippen molar-refractivity contribution in [3.63, 3.8) is 0 Å². The number of aliphatic hydroxyl groups is 2. The number of β-amino-alcohol motifs (C(OH)–C–C–N with tert-alkyl or cyclic N) is 1. The van der Waals surface area contributed by atoms with E-state index in [0.717, 1.165) is 30.6 Å². The van der Waals surface area contributed by atoms with Gasteiger partial charge in [-0.15, -0.1) is 0 Å². The van der Waals surface area contributed by atoms with E-state index in [0.29, 0.717) is 29.4 Å². The molecule has 1 saturated heterocycles. The van der Waals surface area contributed by atoms with Gasteiger partial charge in [-0.1, -0.05) is 31.5 Å². The van der Waals surface area contributed by atoms with Crippen molar-refractivity contribution < 1.29 is 19.7 Å². The molecule has 2 aromatic rings. The number of nitrogens with two attached hydrogens (primary N) is 1. The summed E-state index contributed by atoms with van der Waals surface area (Å²) in [4.78, 5) is 22.7. The van der Waals surface area contributed by atoms with Gasteiger partial charge in [-0.25, -0.2) is 9.97 Å². The number of hydrogen-bond acceptors (Lipinski definition) is 7. The van der Waals surface area contributed by atoms with E-state index in [1.54, 1.807) is 24.8 Å². The predicted molar refractivity (Wildman–Crippen MR) is 128 cm³/mol. The topological polar surface area (TPSA) is 122 Å². The van der Waals surface area contributed by atoms with Gasteiger partial charge >= 0.3 is 0 Å². The van der Waals surface area contributed by atoms with Crippen molar-refractivity contribution >= 4 is 23.5 Å². The highest BCUT2D eigenvalue weighted by Crippen LogP contribution is 2.37. The molecular formula is C24H33ClN4O4. The summed E-state index contributed by atoms with van der Waals surface area (Å²) < 4.78 is 4.93. The fourth-order valence-corrected chi connectivity index (χ4v) is 4.34. The van der Waals surface area contributed by atoms with Gasteiger partial charge in [0, 0.05) is 36.2 Å². The average Bonchev–Trinajstić information content (AvgIpc) is 2.73. The summed E-state index contributed by atoms with van der Waals surface area (Å²) in [7, 11) is 0. The molecule has 0 saturated carbocycles. The zero-order valence-corrected chi connectivity index (χ0v) is 20.4. The standard InChI is InChI=1S/C19H23ClN4O2.C5H10O2/c1-18(2)9-24(10-19(3,4)26)16(25)12-6-5-11(7-13(12)18)15-14(20)8-22-17(21)23-15;6-5-2-1-3-7-4-5/h5-8,26H,9-10H2,1-4H3,(H2,21,22,23);5-6H,1-4H2. The number of nitrogen functional groups attached to an aromatic ring is 1. The fraction of sp³-hybridized carbons (Fsp3) is 0.542. The van der Waals surface area contributed by atoms with E-state index in [9.17, 15) is 9.90 Å². The number of amides is 1. The molecule has 8 nitrogen and oxygen atoms in total. The van der Waals surface area contributed by atoms with Crippen LogP contribution >= 0.6 is 11.6 Å². The normalized spacial score (nSPS) is 20.0. The monoisotopic (exact) mass is 476 g/mol. The number of anilines is 1. The number of carbonyl (C=O) groups is 1. The summed E-state index contributed by atoms with van der Waals surface area (Å²) >= 11 is 6.23. The van der Waals surface area contributed by atoms with Gasteiger partial charge in [0.1, 0.15) is 0 Å². The first-order chi connectivity index (χ1) is 15.4. The van der Waals surface area contributed by atoms with Crippen LogP contribution < -0.4 is 5.73 Å². The number of halogens is 1. The quantitative estimate of drug-likeness (QED) is 0.622. The van der Waals surface area contributed by atoms with Crippen LogP contribution in [0.25, 0.3) is 11.3 Å². The molecule has 1 fully saturated rings. The minimum Gasteiger partial charge on any atom is -0.391 e. The first-order valence-corrected chi connectivity index (χ1v) is 11.5. The second-order valence-corrected chi connectivity index (χ2v) is 10.3. The number of nitrogens with zero attached hydrogens (tertiary/aromatic N) is 3. The smallest absolute Gasteiger partial charge is 0.254 e. The molecule has 3 heterocycles. The fourth-order valence-electron chi connectivity index (χ4n) is 4.14. The van der Waals surface area contributed by atoms with Crippen LogP contribution in [-0.4, -0.2) is 69.0 Å². The Hall–Kier alpha value is -2.26. The van der Waals surface area contributed by atoms with E-state index in [4.69, 9.17) is 27.2 Å². The van der Waals surface area contributed by atoms with Gasteiger partial charge < -0.3 is 25.6 Å². The van der Waals surface area contributed by atoms with Crippen molar-refractivity contribution in [3.05, 3.63) is 40.5 Å². The molecule has 2 aliphatic heterocycles. The Morgan fingerprint density at radius 1 is 1.36 bits per heavy atom. The minimum atomic E-state index is -0.949. The molecular weight excluding hydrogens is 444 g/mol. The van der Waals surface area contributed by atoms with E-state index in [2.05, 4.69) is 23.8 Å². The predicted octanol–water partition coefficient (Wildman–Crippen LogP) is 3.04. The van der Waals surface area contributed by atoms with Gasteiger partial charge in [0.15, 0.2) is 0 Å². The van der Waals surface area contributed by atoms with Crippen molar-refractivity contribution in [2.45, 2.75) is 57.7 Å². The van der Waals surface area contributed by atoms with Crippen LogP contribution in [-0.2, 0) is 10.2 Å². The largest absolute Gasteiger partial charge is 0.391 e. The second kappa shape index (κ2) is 9.93. The Labute approximate surface area is 199 Å². The molecule has 0 aliphatic carbocycles. The van der Waals surface area contributed by atoms with Crippen LogP contribution in [0.15, 0.2) is 24.4 Å². The Morgan fingerprint density at radius 3 is 2.67 bits per heavy atom. The van der Waals surface area contributed by atoms with Gasteiger partial charge in [-0.05, 0) is 44.4 Å². The van der Waals surface area contributed by atoms with Crippen molar-refractivity contribution in [2.24, 2.45) is 0 Å². The van der Waals surface area contributed by atoms with E-state index < -0.39 is 5.60 Å². The van der Waals surface area contributed by atoms with Gasteiger partial charge in [0.05, 0.1) is 35.2 Å². The number of carbonyl (C=O) groups excluding carboxylic acids is 1. The highest BCUT2D eigenvalue weighted by atomic mass is 35.5. The highest BCUT2D eigenvalue weighted by Gasteiger charge is 2.38. The van der Waals surface area contributed by atoms with Gasteiger partial charge in [0.25, 0.3) is 5.91 Å². The molecule has 180 valence electrons. The molecule has 4 rings (SSSR count). The van der Waals surface area contributed by atoms with Crippen LogP contribution in [0.2, 0.25) is 5.02 Å². The number of fused-ring (bicyclic) bond motifs is 1. The zero-order chi connectivity index (χ0) is 24.4. The molecule has 1 atom stereocenters. The number of hydrogen-bond donors (Lipinski definition) is 3. The number of benzene rings is 1. The third kappa shape index (κ3) is 6.41. The second-order valence-electron chi connectivity index (χ2n) is 9.91. The van der Waals surface area contributed by atoms with Crippen LogP contribution in [0.5, 0.6) is 0 Å². The van der Waals surface area contributed by atoms with Crippen LogP contribution in [0.1, 0.15) is 56.5 Å². The molecule has 9 heteroatoms. The average molecular weight is 477 g/mol. The van der Waals surface area contributed by atoms with Crippen LogP contribution in [0.3, 0.4) is 0 Å². The minimum absolute atomic E-state index is 0.0821. The van der Waals surface area contributed by atoms with E-state index in [-0.39, 0.29) is 29.9 Å². The third-order valence-electron chi connectivity index (χ3n) is 5.60. The third-order valence-corrected chi connectivity index (χ3v) is 5.88. The van der Waals surface area contributed by atoms with E-state index in [1.165, 1.54) is 6.20 Å². The van der Waals surface area contributed by atoms with E-state index in [1.807, 2.05) is 12.1 Å². The van der Waals surface area contributed by atoms with Crippen molar-refractivity contribution in [1.29, 1.82) is 0 Å². The number of ether oxygens (including phenoxy) is 1. The number of aliphatic hydroxyl groups excluding tert-OH is 1. The maximum Gasteiger partial charge on any atom is 0.254 e. The van der Waals surface area contributed by atoms with Crippen molar-refractivity contribution in [1.82, 2.24) is 14.9 Å². The highest BCUT2D eigenvalue weighted by molar-refractivity contribution is 6.32. The van der Waals surface area contributed by atoms with Crippen molar-refractivity contribution in [3.8, 4) is 11.3 Å². The molecule has 33 heavy (non-hydrogen) atoms. The summed E-state index contributed by atoms with van der Waals surface area (Å²) in [5.74, 6) is 0.0649. The molecule has 1 unspecified atom stereocenters.